The summed E-state index contributed by atoms with van der Waals surface area (Å²) in [6.45, 7) is 9.85. The summed E-state index contributed by atoms with van der Waals surface area (Å²) in [5.74, 6) is 0. The number of benzene rings is 2. The van der Waals surface area contributed by atoms with Gasteiger partial charge in [0.1, 0.15) is 0 Å². The van der Waals surface area contributed by atoms with Crippen molar-refractivity contribution in [1.29, 1.82) is 0 Å². The Kier molecular flexibility index (Phi) is 4.53. The van der Waals surface area contributed by atoms with Crippen LogP contribution in [0.5, 0.6) is 0 Å². The summed E-state index contributed by atoms with van der Waals surface area (Å²) < 4.78 is 0. The highest BCUT2D eigenvalue weighted by Gasteiger charge is 1.97. The average molecular weight is 251 g/mol. The second-order valence-electron chi connectivity index (χ2n) is 5.05. The van der Waals surface area contributed by atoms with Crippen molar-refractivity contribution in [3.8, 4) is 0 Å². The fourth-order valence-electron chi connectivity index (χ4n) is 2.29. The third-order valence-electron chi connectivity index (χ3n) is 3.16. The van der Waals surface area contributed by atoms with Crippen molar-refractivity contribution in [3.63, 3.8) is 0 Å². The molecule has 0 spiro atoms. The molecule has 1 heteroatoms. The van der Waals surface area contributed by atoms with E-state index < -0.39 is 0 Å². The molecule has 2 aromatic rings. The minimum atomic E-state index is 0.893. The van der Waals surface area contributed by atoms with E-state index in [9.17, 15) is 0 Å². The number of hydrogen-bond donors (Lipinski definition) is 1. The van der Waals surface area contributed by atoms with Gasteiger partial charge in [-0.15, -0.1) is 0 Å². The molecule has 2 rings (SSSR count). The van der Waals surface area contributed by atoms with Gasteiger partial charge in [-0.3, -0.25) is 0 Å². The van der Waals surface area contributed by atoms with Gasteiger partial charge in [0.25, 0.3) is 0 Å². The fraction of sp³-hybridized carbons (Fsp3) is 0.222. The quantitative estimate of drug-likeness (QED) is 0.838. The largest absolute Gasteiger partial charge is 0.309 e. The van der Waals surface area contributed by atoms with E-state index in [4.69, 9.17) is 0 Å². The van der Waals surface area contributed by atoms with Gasteiger partial charge < -0.3 is 5.32 Å². The average Bonchev–Trinajstić information content (AvgIpc) is 2.38. The summed E-state index contributed by atoms with van der Waals surface area (Å²) >= 11 is 0. The van der Waals surface area contributed by atoms with Gasteiger partial charge in [-0.1, -0.05) is 66.2 Å². The Hall–Kier alpha value is -1.86. The molecule has 0 amide bonds. The Bertz CT molecular complexity index is 532. The Morgan fingerprint density at radius 2 is 1.47 bits per heavy atom. The third kappa shape index (κ3) is 4.08. The molecule has 0 unspecified atom stereocenters. The Morgan fingerprint density at radius 3 is 2.05 bits per heavy atom. The topological polar surface area (TPSA) is 12.0 Å². The second kappa shape index (κ2) is 6.35. The molecule has 0 saturated carbocycles. The van der Waals surface area contributed by atoms with Gasteiger partial charge in [0.05, 0.1) is 0 Å². The first-order chi connectivity index (χ1) is 9.17. The van der Waals surface area contributed by atoms with Crippen LogP contribution < -0.4 is 5.32 Å². The van der Waals surface area contributed by atoms with Gasteiger partial charge in [0, 0.05) is 13.1 Å². The zero-order valence-electron chi connectivity index (χ0n) is 11.7. The molecule has 1 nitrogen and oxygen atoms in total. The predicted molar refractivity (Wildman–Crippen MR) is 83.0 cm³/mol. The summed E-state index contributed by atoms with van der Waals surface area (Å²) in [5.41, 5.74) is 6.47. The molecule has 0 atom stereocenters. The van der Waals surface area contributed by atoms with E-state index in [-0.39, 0.29) is 0 Å². The maximum absolute atomic E-state index is 3.76. The molecule has 0 aromatic heterocycles. The smallest absolute Gasteiger partial charge is 0.0208 e. The van der Waals surface area contributed by atoms with Crippen molar-refractivity contribution in [2.75, 3.05) is 0 Å². The van der Waals surface area contributed by atoms with E-state index in [2.05, 4.69) is 68.2 Å². The fourth-order valence-corrected chi connectivity index (χ4v) is 2.29. The number of nitrogens with one attached hydrogen (secondary N) is 1. The maximum atomic E-state index is 3.76. The molecule has 0 fully saturated rings. The number of hydrogen-bond acceptors (Lipinski definition) is 1. The lowest BCUT2D eigenvalue weighted by molar-refractivity contribution is 0.692. The molecule has 0 saturated heterocycles. The molecule has 19 heavy (non-hydrogen) atoms. The zero-order chi connectivity index (χ0) is 13.7. The second-order valence-corrected chi connectivity index (χ2v) is 5.05. The van der Waals surface area contributed by atoms with Crippen molar-refractivity contribution in [1.82, 2.24) is 5.32 Å². The molecule has 0 aliphatic rings. The standard InChI is InChI=1S/C18H21N/c1-4-16-5-7-17(8-6-16)12-19-13-18-10-14(2)9-15(3)11-18/h4-11,19H,1,12-13H2,2-3H3. The highest BCUT2D eigenvalue weighted by atomic mass is 14.8. The summed E-state index contributed by atoms with van der Waals surface area (Å²) in [5, 5.41) is 3.48. The molecule has 2 aromatic carbocycles. The van der Waals surface area contributed by atoms with Gasteiger partial charge in [0.15, 0.2) is 0 Å². The minimum absolute atomic E-state index is 0.893. The Labute approximate surface area is 116 Å². The van der Waals surface area contributed by atoms with Crippen LogP contribution in [0, 0.1) is 13.8 Å². The zero-order valence-corrected chi connectivity index (χ0v) is 11.7. The van der Waals surface area contributed by atoms with Gasteiger partial charge in [0.2, 0.25) is 0 Å². The van der Waals surface area contributed by atoms with Crippen molar-refractivity contribution < 1.29 is 0 Å². The lowest BCUT2D eigenvalue weighted by Crippen LogP contribution is -2.12. The van der Waals surface area contributed by atoms with Crippen LogP contribution >= 0.6 is 0 Å². The van der Waals surface area contributed by atoms with E-state index >= 15 is 0 Å². The van der Waals surface area contributed by atoms with Crippen LogP contribution in [0.25, 0.3) is 6.08 Å². The third-order valence-corrected chi connectivity index (χ3v) is 3.16. The molecule has 0 bridgehead atoms. The summed E-state index contributed by atoms with van der Waals surface area (Å²) in [6, 6.07) is 15.2. The SMILES string of the molecule is C=Cc1ccc(CNCc2cc(C)cc(C)c2)cc1. The molecule has 98 valence electrons. The summed E-state index contributed by atoms with van der Waals surface area (Å²) in [6.07, 6.45) is 1.87. The molecule has 1 N–H and O–H groups in total. The van der Waals surface area contributed by atoms with Crippen LogP contribution in [0.4, 0.5) is 0 Å². The van der Waals surface area contributed by atoms with Gasteiger partial charge >= 0.3 is 0 Å². The first-order valence-corrected chi connectivity index (χ1v) is 6.66. The monoisotopic (exact) mass is 251 g/mol. The molecule has 0 heterocycles. The molecular weight excluding hydrogens is 230 g/mol. The lowest BCUT2D eigenvalue weighted by atomic mass is 10.1. The van der Waals surface area contributed by atoms with E-state index in [1.165, 1.54) is 22.3 Å². The highest BCUT2D eigenvalue weighted by molar-refractivity contribution is 5.47. The normalized spacial score (nSPS) is 10.4. The minimum Gasteiger partial charge on any atom is -0.309 e. The molecule has 0 aliphatic carbocycles. The number of rotatable bonds is 5. The van der Waals surface area contributed by atoms with Crippen molar-refractivity contribution in [2.45, 2.75) is 26.9 Å². The van der Waals surface area contributed by atoms with Crippen molar-refractivity contribution >= 4 is 6.08 Å². The highest BCUT2D eigenvalue weighted by Crippen LogP contribution is 2.09. The summed E-state index contributed by atoms with van der Waals surface area (Å²) in [7, 11) is 0. The lowest BCUT2D eigenvalue weighted by Gasteiger charge is -2.07. The number of aryl methyl sites for hydroxylation is 2. The van der Waals surface area contributed by atoms with E-state index in [0.717, 1.165) is 18.7 Å². The van der Waals surface area contributed by atoms with Crippen LogP contribution in [-0.2, 0) is 13.1 Å². The van der Waals surface area contributed by atoms with Crippen molar-refractivity contribution in [3.05, 3.63) is 76.9 Å². The molecular formula is C18H21N. The first-order valence-electron chi connectivity index (χ1n) is 6.66. The summed E-state index contributed by atoms with van der Waals surface area (Å²) in [4.78, 5) is 0. The van der Waals surface area contributed by atoms with Crippen LogP contribution in [0.1, 0.15) is 27.8 Å². The molecule has 0 aliphatic heterocycles. The molecule has 0 radical (unpaired) electrons. The van der Waals surface area contributed by atoms with E-state index in [0.29, 0.717) is 0 Å². The van der Waals surface area contributed by atoms with Crippen LogP contribution in [0.15, 0.2) is 49.0 Å². The van der Waals surface area contributed by atoms with Crippen molar-refractivity contribution in [2.24, 2.45) is 0 Å². The van der Waals surface area contributed by atoms with Crippen LogP contribution in [0.2, 0.25) is 0 Å². The first kappa shape index (κ1) is 13.6. The predicted octanol–water partition coefficient (Wildman–Crippen LogP) is 4.24. The van der Waals surface area contributed by atoms with Crippen LogP contribution in [-0.4, -0.2) is 0 Å². The maximum Gasteiger partial charge on any atom is 0.0208 e. The van der Waals surface area contributed by atoms with Gasteiger partial charge in [-0.05, 0) is 30.5 Å². The van der Waals surface area contributed by atoms with Gasteiger partial charge in [-0.2, -0.15) is 0 Å². The van der Waals surface area contributed by atoms with Gasteiger partial charge in [-0.25, -0.2) is 0 Å². The Morgan fingerprint density at radius 1 is 0.895 bits per heavy atom. The van der Waals surface area contributed by atoms with Crippen LogP contribution in [0.3, 0.4) is 0 Å². The van der Waals surface area contributed by atoms with E-state index in [1.54, 1.807) is 0 Å². The Balaban J connectivity index is 1.90. The van der Waals surface area contributed by atoms with E-state index in [1.807, 2.05) is 6.08 Å².